The molecule has 0 fully saturated rings. The normalized spacial score (nSPS) is 9.81. The maximum Gasteiger partial charge on any atom is 0.138 e. The van der Waals surface area contributed by atoms with Crippen LogP contribution in [0.2, 0.25) is 0 Å². The summed E-state index contributed by atoms with van der Waals surface area (Å²) in [5.74, 6) is 4.99. The molecule has 0 radical (unpaired) electrons. The molecule has 0 N–H and O–H groups in total. The van der Waals surface area contributed by atoms with Crippen molar-refractivity contribution in [1.29, 1.82) is 0 Å². The summed E-state index contributed by atoms with van der Waals surface area (Å²) in [6, 6.07) is 9.41. The number of furan rings is 1. The molecular weight excluding hydrogens is 200 g/mol. The number of terminal acetylenes is 1. The average Bonchev–Trinajstić information content (AvgIpc) is 2.75. The third-order valence-electron chi connectivity index (χ3n) is 2.37. The van der Waals surface area contributed by atoms with Crippen molar-refractivity contribution in [3.63, 3.8) is 0 Å². The summed E-state index contributed by atoms with van der Waals surface area (Å²) in [7, 11) is 1.63. The Morgan fingerprint density at radius 3 is 2.62 bits per heavy atom. The molecule has 0 aliphatic heterocycles. The van der Waals surface area contributed by atoms with E-state index < -0.39 is 0 Å². The van der Waals surface area contributed by atoms with Crippen LogP contribution in [0.1, 0.15) is 11.3 Å². The van der Waals surface area contributed by atoms with E-state index in [-0.39, 0.29) is 0 Å². The molecule has 80 valence electrons. The molecule has 0 saturated carbocycles. The molecule has 1 aromatic carbocycles. The highest BCUT2D eigenvalue weighted by Crippen LogP contribution is 2.31. The first-order valence-corrected chi connectivity index (χ1v) is 4.96. The highest BCUT2D eigenvalue weighted by Gasteiger charge is 2.09. The zero-order valence-electron chi connectivity index (χ0n) is 9.28. The van der Waals surface area contributed by atoms with Gasteiger partial charge in [0.15, 0.2) is 0 Å². The van der Waals surface area contributed by atoms with Crippen LogP contribution in [0.15, 0.2) is 34.7 Å². The highest BCUT2D eigenvalue weighted by atomic mass is 16.5. The predicted octanol–water partition coefficient (Wildman–Crippen LogP) is 3.24. The zero-order chi connectivity index (χ0) is 11.5. The monoisotopic (exact) mass is 212 g/mol. The van der Waals surface area contributed by atoms with E-state index in [0.29, 0.717) is 0 Å². The number of aryl methyl sites for hydroxylation is 1. The Morgan fingerprint density at radius 1 is 1.25 bits per heavy atom. The van der Waals surface area contributed by atoms with Crippen molar-refractivity contribution < 1.29 is 9.15 Å². The first-order valence-electron chi connectivity index (χ1n) is 4.96. The highest BCUT2D eigenvalue weighted by molar-refractivity contribution is 5.68. The lowest BCUT2D eigenvalue weighted by Gasteiger charge is -2.06. The minimum atomic E-state index is 0.758. The van der Waals surface area contributed by atoms with Gasteiger partial charge >= 0.3 is 0 Å². The molecule has 0 aliphatic carbocycles. The van der Waals surface area contributed by atoms with Gasteiger partial charge in [0.2, 0.25) is 0 Å². The van der Waals surface area contributed by atoms with Crippen molar-refractivity contribution >= 4 is 0 Å². The van der Waals surface area contributed by atoms with Gasteiger partial charge in [-0.1, -0.05) is 5.92 Å². The minimum absolute atomic E-state index is 0.758. The first kappa shape index (κ1) is 10.4. The van der Waals surface area contributed by atoms with E-state index in [1.54, 1.807) is 7.11 Å². The number of ether oxygens (including phenoxy) is 1. The van der Waals surface area contributed by atoms with E-state index in [0.717, 1.165) is 28.4 Å². The molecule has 2 heteroatoms. The van der Waals surface area contributed by atoms with Crippen LogP contribution in [0.5, 0.6) is 5.75 Å². The van der Waals surface area contributed by atoms with E-state index in [9.17, 15) is 0 Å². The quantitative estimate of drug-likeness (QED) is 0.713. The fourth-order valence-corrected chi connectivity index (χ4v) is 1.57. The molecule has 16 heavy (non-hydrogen) atoms. The summed E-state index contributed by atoms with van der Waals surface area (Å²) in [6.07, 6.45) is 5.37. The summed E-state index contributed by atoms with van der Waals surface area (Å²) in [4.78, 5) is 0. The van der Waals surface area contributed by atoms with Gasteiger partial charge in [-0.3, -0.25) is 0 Å². The third kappa shape index (κ3) is 1.80. The van der Waals surface area contributed by atoms with E-state index in [1.165, 1.54) is 0 Å². The molecule has 0 saturated heterocycles. The molecule has 0 aliphatic rings. The van der Waals surface area contributed by atoms with Crippen LogP contribution in [-0.2, 0) is 0 Å². The van der Waals surface area contributed by atoms with Crippen molar-refractivity contribution in [2.24, 2.45) is 0 Å². The molecule has 2 aromatic rings. The zero-order valence-corrected chi connectivity index (χ0v) is 9.28. The Morgan fingerprint density at radius 2 is 2.06 bits per heavy atom. The lowest BCUT2D eigenvalue weighted by molar-refractivity contribution is 0.414. The van der Waals surface area contributed by atoms with Crippen LogP contribution in [0.25, 0.3) is 11.3 Å². The van der Waals surface area contributed by atoms with E-state index >= 15 is 0 Å². The molecule has 0 unspecified atom stereocenters. The lowest BCUT2D eigenvalue weighted by Crippen LogP contribution is -1.88. The molecule has 0 atom stereocenters. The maximum absolute atomic E-state index is 5.56. The van der Waals surface area contributed by atoms with Crippen LogP contribution >= 0.6 is 0 Å². The second kappa shape index (κ2) is 4.16. The van der Waals surface area contributed by atoms with Crippen LogP contribution in [0.4, 0.5) is 0 Å². The summed E-state index contributed by atoms with van der Waals surface area (Å²) in [5.41, 5.74) is 1.69. The number of hydrogen-bond acceptors (Lipinski definition) is 2. The van der Waals surface area contributed by atoms with Gasteiger partial charge in [0.1, 0.15) is 17.3 Å². The summed E-state index contributed by atoms with van der Waals surface area (Å²) in [6.45, 7) is 1.90. The van der Waals surface area contributed by atoms with Gasteiger partial charge in [-0.2, -0.15) is 0 Å². The van der Waals surface area contributed by atoms with Gasteiger partial charge in [0, 0.05) is 5.56 Å². The minimum Gasteiger partial charge on any atom is -0.496 e. The molecule has 2 nitrogen and oxygen atoms in total. The van der Waals surface area contributed by atoms with Crippen molar-refractivity contribution in [2.45, 2.75) is 6.92 Å². The standard InChI is InChI=1S/C14H12O2/c1-4-11-6-8-13(15-3)12(9-11)14-7-5-10(2)16-14/h1,5-9H,2-3H3. The van der Waals surface area contributed by atoms with Gasteiger partial charge in [-0.15, -0.1) is 6.42 Å². The van der Waals surface area contributed by atoms with Crippen molar-refractivity contribution in [3.05, 3.63) is 41.7 Å². The van der Waals surface area contributed by atoms with Crippen LogP contribution in [-0.4, -0.2) is 7.11 Å². The Balaban J connectivity index is 2.57. The fourth-order valence-electron chi connectivity index (χ4n) is 1.57. The Labute approximate surface area is 94.9 Å². The maximum atomic E-state index is 5.56. The van der Waals surface area contributed by atoms with Crippen molar-refractivity contribution in [2.75, 3.05) is 7.11 Å². The Bertz CT molecular complexity index is 544. The molecule has 0 bridgehead atoms. The number of benzene rings is 1. The molecule has 0 amide bonds. The summed E-state index contributed by atoms with van der Waals surface area (Å²) in [5, 5.41) is 0. The first-order chi connectivity index (χ1) is 7.74. The summed E-state index contributed by atoms with van der Waals surface area (Å²) >= 11 is 0. The molecular formula is C14H12O2. The van der Waals surface area contributed by atoms with E-state index in [4.69, 9.17) is 15.6 Å². The SMILES string of the molecule is C#Cc1ccc(OC)c(-c2ccc(C)o2)c1. The van der Waals surface area contributed by atoms with Crippen LogP contribution in [0, 0.1) is 19.3 Å². The molecule has 0 spiro atoms. The smallest absolute Gasteiger partial charge is 0.138 e. The molecule has 1 aromatic heterocycles. The number of hydrogen-bond donors (Lipinski definition) is 0. The van der Waals surface area contributed by atoms with E-state index in [1.807, 2.05) is 37.3 Å². The second-order valence-electron chi connectivity index (χ2n) is 3.47. The van der Waals surface area contributed by atoms with Gasteiger partial charge in [0.05, 0.1) is 12.7 Å². The van der Waals surface area contributed by atoms with Crippen molar-refractivity contribution in [3.8, 4) is 29.4 Å². The Hall–Kier alpha value is -2.14. The number of rotatable bonds is 2. The topological polar surface area (TPSA) is 22.4 Å². The van der Waals surface area contributed by atoms with Crippen LogP contribution < -0.4 is 4.74 Å². The molecule has 2 rings (SSSR count). The van der Waals surface area contributed by atoms with Crippen molar-refractivity contribution in [1.82, 2.24) is 0 Å². The van der Waals surface area contributed by atoms with Gasteiger partial charge in [-0.05, 0) is 37.3 Å². The van der Waals surface area contributed by atoms with Gasteiger partial charge < -0.3 is 9.15 Å². The third-order valence-corrected chi connectivity index (χ3v) is 2.37. The largest absolute Gasteiger partial charge is 0.496 e. The Kier molecular flexibility index (Phi) is 2.70. The van der Waals surface area contributed by atoms with Gasteiger partial charge in [-0.25, -0.2) is 0 Å². The lowest BCUT2D eigenvalue weighted by atomic mass is 10.1. The fraction of sp³-hybridized carbons (Fsp3) is 0.143. The second-order valence-corrected chi connectivity index (χ2v) is 3.47. The van der Waals surface area contributed by atoms with Crippen LogP contribution in [0.3, 0.4) is 0 Å². The number of methoxy groups -OCH3 is 1. The summed E-state index contributed by atoms with van der Waals surface area (Å²) < 4.78 is 10.8. The predicted molar refractivity (Wildman–Crippen MR) is 63.4 cm³/mol. The van der Waals surface area contributed by atoms with Gasteiger partial charge in [0.25, 0.3) is 0 Å². The average molecular weight is 212 g/mol. The van der Waals surface area contributed by atoms with E-state index in [2.05, 4.69) is 5.92 Å². The molecule has 1 heterocycles.